The molecular formula is C22H22N4O3. The van der Waals surface area contributed by atoms with E-state index >= 15 is 0 Å². The number of hydrogen-bond acceptors (Lipinski definition) is 4. The molecule has 1 aliphatic rings. The monoisotopic (exact) mass is 390 g/mol. The Hall–Kier alpha value is -3.61. The van der Waals surface area contributed by atoms with Crippen molar-refractivity contribution in [1.29, 1.82) is 0 Å². The first-order chi connectivity index (χ1) is 14.2. The van der Waals surface area contributed by atoms with Gasteiger partial charge in [0.05, 0.1) is 19.7 Å². The highest BCUT2D eigenvalue weighted by atomic mass is 16.5. The van der Waals surface area contributed by atoms with Crippen molar-refractivity contribution in [3.63, 3.8) is 0 Å². The van der Waals surface area contributed by atoms with E-state index in [2.05, 4.69) is 15.7 Å². The zero-order valence-corrected chi connectivity index (χ0v) is 16.1. The van der Waals surface area contributed by atoms with Gasteiger partial charge < -0.3 is 15.4 Å². The van der Waals surface area contributed by atoms with Gasteiger partial charge in [0.1, 0.15) is 17.6 Å². The number of nitrogens with one attached hydrogen (secondary N) is 2. The van der Waals surface area contributed by atoms with Crippen molar-refractivity contribution in [3.05, 3.63) is 66.4 Å². The maximum absolute atomic E-state index is 12.5. The second-order valence-electron chi connectivity index (χ2n) is 6.88. The van der Waals surface area contributed by atoms with Gasteiger partial charge in [-0.2, -0.15) is 5.10 Å². The summed E-state index contributed by atoms with van der Waals surface area (Å²) in [4.78, 5) is 24.8. The predicted molar refractivity (Wildman–Crippen MR) is 110 cm³/mol. The zero-order chi connectivity index (χ0) is 20.2. The van der Waals surface area contributed by atoms with Crippen molar-refractivity contribution >= 4 is 17.6 Å². The maximum Gasteiger partial charge on any atom is 0.251 e. The molecule has 0 saturated heterocycles. The molecule has 3 aromatic rings. The van der Waals surface area contributed by atoms with E-state index in [1.807, 2.05) is 54.6 Å². The van der Waals surface area contributed by atoms with E-state index in [1.54, 1.807) is 18.0 Å². The minimum absolute atomic E-state index is 0.0485. The van der Waals surface area contributed by atoms with Gasteiger partial charge in [-0.15, -0.1) is 0 Å². The maximum atomic E-state index is 12.5. The summed E-state index contributed by atoms with van der Waals surface area (Å²) >= 11 is 0. The van der Waals surface area contributed by atoms with Gasteiger partial charge >= 0.3 is 0 Å². The Morgan fingerprint density at radius 3 is 2.83 bits per heavy atom. The number of fused-ring (bicyclic) bond motifs is 1. The molecule has 1 aromatic heterocycles. The number of hydrogen-bond donors (Lipinski definition) is 2. The number of carbonyl (C=O) groups excluding carboxylic acids is 2. The summed E-state index contributed by atoms with van der Waals surface area (Å²) in [5.74, 6) is 0.925. The molecule has 0 bridgehead atoms. The molecule has 148 valence electrons. The topological polar surface area (TPSA) is 85.2 Å². The molecule has 1 atom stereocenters. The van der Waals surface area contributed by atoms with Crippen molar-refractivity contribution in [2.75, 3.05) is 19.0 Å². The minimum atomic E-state index is -0.652. The zero-order valence-electron chi connectivity index (χ0n) is 16.1. The third-order valence-corrected chi connectivity index (χ3v) is 4.97. The van der Waals surface area contributed by atoms with Crippen LogP contribution in [-0.2, 0) is 16.0 Å². The summed E-state index contributed by atoms with van der Waals surface area (Å²) < 4.78 is 6.86. The molecule has 0 fully saturated rings. The SMILES string of the molecule is COc1cccc(-c2cnn3c2NC(=O)C3CC(=O)NCCc2ccccc2)c1. The van der Waals surface area contributed by atoms with E-state index in [4.69, 9.17) is 4.74 Å². The molecule has 0 aliphatic carbocycles. The average Bonchev–Trinajstić information content (AvgIpc) is 3.28. The number of anilines is 1. The Bertz CT molecular complexity index is 1030. The minimum Gasteiger partial charge on any atom is -0.497 e. The lowest BCUT2D eigenvalue weighted by atomic mass is 10.1. The number of carbonyl (C=O) groups is 2. The number of nitrogens with zero attached hydrogens (tertiary/aromatic N) is 2. The van der Waals surface area contributed by atoms with Gasteiger partial charge in [-0.25, -0.2) is 4.68 Å². The summed E-state index contributed by atoms with van der Waals surface area (Å²) in [5, 5.41) is 10.1. The molecule has 2 amide bonds. The number of benzene rings is 2. The Morgan fingerprint density at radius 2 is 2.03 bits per heavy atom. The van der Waals surface area contributed by atoms with Gasteiger partial charge in [0, 0.05) is 12.1 Å². The van der Waals surface area contributed by atoms with Crippen LogP contribution in [0.4, 0.5) is 5.82 Å². The second kappa shape index (κ2) is 8.18. The van der Waals surface area contributed by atoms with Crippen LogP contribution in [0, 0.1) is 0 Å². The van der Waals surface area contributed by atoms with Crippen LogP contribution >= 0.6 is 0 Å². The van der Waals surface area contributed by atoms with E-state index in [0.717, 1.165) is 28.9 Å². The summed E-state index contributed by atoms with van der Waals surface area (Å²) in [7, 11) is 1.61. The number of methoxy groups -OCH3 is 1. The van der Waals surface area contributed by atoms with Crippen LogP contribution in [0.1, 0.15) is 18.0 Å². The van der Waals surface area contributed by atoms with E-state index < -0.39 is 6.04 Å². The van der Waals surface area contributed by atoms with Gasteiger partial charge in [0.15, 0.2) is 0 Å². The molecule has 7 heteroatoms. The lowest BCUT2D eigenvalue weighted by molar-refractivity contribution is -0.126. The summed E-state index contributed by atoms with van der Waals surface area (Å²) in [6.07, 6.45) is 2.49. The van der Waals surface area contributed by atoms with Gasteiger partial charge in [-0.3, -0.25) is 9.59 Å². The highest BCUT2D eigenvalue weighted by Gasteiger charge is 2.35. The molecule has 0 spiro atoms. The van der Waals surface area contributed by atoms with Crippen molar-refractivity contribution in [1.82, 2.24) is 15.1 Å². The van der Waals surface area contributed by atoms with Crippen LogP contribution in [-0.4, -0.2) is 35.2 Å². The van der Waals surface area contributed by atoms with Crippen LogP contribution < -0.4 is 15.4 Å². The molecule has 0 saturated carbocycles. The summed E-state index contributed by atoms with van der Waals surface area (Å²) in [6, 6.07) is 16.8. The molecule has 0 radical (unpaired) electrons. The highest BCUT2D eigenvalue weighted by Crippen LogP contribution is 2.36. The first-order valence-corrected chi connectivity index (χ1v) is 9.49. The van der Waals surface area contributed by atoms with Crippen molar-refractivity contribution in [3.8, 4) is 16.9 Å². The van der Waals surface area contributed by atoms with Crippen molar-refractivity contribution in [2.24, 2.45) is 0 Å². The molecule has 1 aliphatic heterocycles. The smallest absolute Gasteiger partial charge is 0.251 e. The quantitative estimate of drug-likeness (QED) is 0.650. The van der Waals surface area contributed by atoms with Gasteiger partial charge in [0.25, 0.3) is 5.91 Å². The second-order valence-corrected chi connectivity index (χ2v) is 6.88. The largest absolute Gasteiger partial charge is 0.497 e. The summed E-state index contributed by atoms with van der Waals surface area (Å²) in [5.41, 5.74) is 2.84. The standard InChI is InChI=1S/C22H22N4O3/c1-29-17-9-5-8-16(12-17)18-14-24-26-19(22(28)25-21(18)26)13-20(27)23-11-10-15-6-3-2-4-7-15/h2-9,12,14,19H,10-11,13H2,1H3,(H,23,27)(H,25,28). The first-order valence-electron chi connectivity index (χ1n) is 9.49. The highest BCUT2D eigenvalue weighted by molar-refractivity contribution is 6.02. The van der Waals surface area contributed by atoms with Crippen molar-refractivity contribution < 1.29 is 14.3 Å². The fourth-order valence-corrected chi connectivity index (χ4v) is 3.45. The third-order valence-electron chi connectivity index (χ3n) is 4.97. The number of ether oxygens (including phenoxy) is 1. The van der Waals surface area contributed by atoms with Crippen LogP contribution in [0.15, 0.2) is 60.8 Å². The van der Waals surface area contributed by atoms with E-state index in [9.17, 15) is 9.59 Å². The molecule has 7 nitrogen and oxygen atoms in total. The van der Waals surface area contributed by atoms with Gasteiger partial charge in [-0.1, -0.05) is 42.5 Å². The Kier molecular flexibility index (Phi) is 5.29. The Morgan fingerprint density at radius 1 is 1.21 bits per heavy atom. The van der Waals surface area contributed by atoms with Crippen LogP contribution in [0.25, 0.3) is 11.1 Å². The first kappa shape index (κ1) is 18.7. The lowest BCUT2D eigenvalue weighted by Gasteiger charge is -2.10. The molecule has 29 heavy (non-hydrogen) atoms. The predicted octanol–water partition coefficient (Wildman–Crippen LogP) is 2.80. The van der Waals surface area contributed by atoms with Crippen molar-refractivity contribution in [2.45, 2.75) is 18.9 Å². The fourth-order valence-electron chi connectivity index (χ4n) is 3.45. The van der Waals surface area contributed by atoms with Crippen LogP contribution in [0.5, 0.6) is 5.75 Å². The molecule has 2 N–H and O–H groups in total. The summed E-state index contributed by atoms with van der Waals surface area (Å²) in [6.45, 7) is 0.526. The third kappa shape index (κ3) is 3.99. The molecule has 1 unspecified atom stereocenters. The average molecular weight is 390 g/mol. The number of amides is 2. The molecule has 4 rings (SSSR count). The molecular weight excluding hydrogens is 368 g/mol. The van der Waals surface area contributed by atoms with E-state index in [-0.39, 0.29) is 18.2 Å². The van der Waals surface area contributed by atoms with Crippen LogP contribution in [0.3, 0.4) is 0 Å². The fraction of sp³-hybridized carbons (Fsp3) is 0.227. The Balaban J connectivity index is 1.42. The normalized spacial score (nSPS) is 14.9. The number of rotatable bonds is 7. The van der Waals surface area contributed by atoms with Crippen LogP contribution in [0.2, 0.25) is 0 Å². The number of aromatic nitrogens is 2. The van der Waals surface area contributed by atoms with Gasteiger partial charge in [-0.05, 0) is 29.7 Å². The molecule has 2 heterocycles. The van der Waals surface area contributed by atoms with Gasteiger partial charge in [0.2, 0.25) is 5.91 Å². The lowest BCUT2D eigenvalue weighted by Crippen LogP contribution is -2.30. The molecule has 2 aromatic carbocycles. The van der Waals surface area contributed by atoms with E-state index in [1.165, 1.54) is 0 Å². The Labute approximate surface area is 168 Å². The van der Waals surface area contributed by atoms with E-state index in [0.29, 0.717) is 12.4 Å².